The molecule has 1 unspecified atom stereocenters. The molecule has 0 N–H and O–H groups in total. The Morgan fingerprint density at radius 2 is 2.07 bits per heavy atom. The highest BCUT2D eigenvalue weighted by Crippen LogP contribution is 2.24. The van der Waals surface area contributed by atoms with Crippen LogP contribution < -0.4 is 0 Å². The molecule has 0 amide bonds. The number of Topliss-reactive ketones (excluding diaryl/α,β-unsaturated/α-hetero) is 1. The summed E-state index contributed by atoms with van der Waals surface area (Å²) >= 11 is 0. The van der Waals surface area contributed by atoms with Crippen LogP contribution in [0, 0.1) is 16.7 Å². The monoisotopic (exact) mass is 197 g/mol. The fourth-order valence-corrected chi connectivity index (χ4v) is 0.920. The molecule has 0 aromatic rings. The molecule has 0 aromatic heterocycles. The number of nitrogens with zero attached hydrogens (tertiary/aromatic N) is 1. The third-order valence-electron chi connectivity index (χ3n) is 1.95. The first-order chi connectivity index (χ1) is 6.46. The van der Waals surface area contributed by atoms with Crippen LogP contribution in [0.3, 0.4) is 0 Å². The van der Waals surface area contributed by atoms with Gasteiger partial charge in [-0.15, -0.1) is 0 Å². The fraction of sp³-hybridized carbons (Fsp3) is 0.700. The minimum Gasteiger partial charge on any atom is -0.465 e. The molecule has 4 heteroatoms. The first-order valence-electron chi connectivity index (χ1n) is 4.54. The second-order valence-corrected chi connectivity index (χ2v) is 3.37. The molecule has 4 nitrogen and oxygen atoms in total. The van der Waals surface area contributed by atoms with Gasteiger partial charge in [-0.3, -0.25) is 4.79 Å². The van der Waals surface area contributed by atoms with Crippen LogP contribution in [0.25, 0.3) is 0 Å². The summed E-state index contributed by atoms with van der Waals surface area (Å²) in [5.74, 6) is -0.584. The first kappa shape index (κ1) is 12.6. The van der Waals surface area contributed by atoms with Crippen LogP contribution in [0.5, 0.6) is 0 Å². The Labute approximate surface area is 83.9 Å². The SMILES string of the molecule is CCOC(=O)C(C)(C#N)CCC(C)=O. The molecule has 0 bridgehead atoms. The van der Waals surface area contributed by atoms with Crippen molar-refractivity contribution in [2.24, 2.45) is 5.41 Å². The normalized spacial score (nSPS) is 13.9. The van der Waals surface area contributed by atoms with Crippen molar-refractivity contribution in [1.82, 2.24) is 0 Å². The van der Waals surface area contributed by atoms with Gasteiger partial charge in [0.05, 0.1) is 12.7 Å². The standard InChI is InChI=1S/C10H15NO3/c1-4-14-9(13)10(3,7-11)6-5-8(2)12/h4-6H2,1-3H3. The molecule has 0 fully saturated rings. The minimum absolute atomic E-state index is 0.0317. The summed E-state index contributed by atoms with van der Waals surface area (Å²) in [7, 11) is 0. The molecule has 0 aliphatic rings. The van der Waals surface area contributed by atoms with E-state index in [1.165, 1.54) is 13.8 Å². The van der Waals surface area contributed by atoms with E-state index in [1.807, 2.05) is 6.07 Å². The lowest BCUT2D eigenvalue weighted by atomic mass is 9.86. The third kappa shape index (κ3) is 3.56. The molecule has 0 rings (SSSR count). The summed E-state index contributed by atoms with van der Waals surface area (Å²) in [6.45, 7) is 4.85. The molecule has 0 heterocycles. The molecular formula is C10H15NO3. The number of nitriles is 1. The first-order valence-corrected chi connectivity index (χ1v) is 4.54. The van der Waals surface area contributed by atoms with E-state index in [-0.39, 0.29) is 25.2 Å². The summed E-state index contributed by atoms with van der Waals surface area (Å²) in [5, 5.41) is 8.83. The van der Waals surface area contributed by atoms with E-state index >= 15 is 0 Å². The second kappa shape index (κ2) is 5.38. The molecular weight excluding hydrogens is 182 g/mol. The lowest BCUT2D eigenvalue weighted by Gasteiger charge is -2.18. The summed E-state index contributed by atoms with van der Waals surface area (Å²) in [6, 6.07) is 1.89. The van der Waals surface area contributed by atoms with E-state index in [4.69, 9.17) is 10.00 Å². The molecule has 0 aromatic carbocycles. The highest BCUT2D eigenvalue weighted by atomic mass is 16.5. The van der Waals surface area contributed by atoms with Gasteiger partial charge in [-0.25, -0.2) is 0 Å². The summed E-state index contributed by atoms with van der Waals surface area (Å²) in [6.07, 6.45) is 0.445. The molecule has 78 valence electrons. The molecule has 0 aliphatic heterocycles. The predicted molar refractivity (Wildman–Crippen MR) is 50.3 cm³/mol. The van der Waals surface area contributed by atoms with E-state index in [9.17, 15) is 9.59 Å². The Balaban J connectivity index is 4.40. The molecule has 1 atom stereocenters. The van der Waals surface area contributed by atoms with Crippen molar-refractivity contribution in [2.45, 2.75) is 33.6 Å². The van der Waals surface area contributed by atoms with Crippen LogP contribution in [0.15, 0.2) is 0 Å². The number of rotatable bonds is 5. The average Bonchev–Trinajstić information content (AvgIpc) is 2.14. The molecule has 14 heavy (non-hydrogen) atoms. The van der Waals surface area contributed by atoms with Crippen molar-refractivity contribution < 1.29 is 14.3 Å². The van der Waals surface area contributed by atoms with Crippen molar-refractivity contribution in [3.63, 3.8) is 0 Å². The summed E-state index contributed by atoms with van der Waals surface area (Å²) in [4.78, 5) is 22.1. The van der Waals surface area contributed by atoms with Gasteiger partial charge in [0.15, 0.2) is 5.41 Å². The Bertz CT molecular complexity index is 267. The molecule has 0 aliphatic carbocycles. The van der Waals surface area contributed by atoms with Crippen molar-refractivity contribution >= 4 is 11.8 Å². The van der Waals surface area contributed by atoms with Crippen molar-refractivity contribution in [3.8, 4) is 6.07 Å². The zero-order chi connectivity index (χ0) is 11.2. The fourth-order valence-electron chi connectivity index (χ4n) is 0.920. The smallest absolute Gasteiger partial charge is 0.326 e. The van der Waals surface area contributed by atoms with E-state index in [1.54, 1.807) is 6.92 Å². The lowest BCUT2D eigenvalue weighted by molar-refractivity contribution is -0.151. The van der Waals surface area contributed by atoms with Crippen LogP contribution >= 0.6 is 0 Å². The number of carbonyl (C=O) groups excluding carboxylic acids is 2. The number of hydrogen-bond donors (Lipinski definition) is 0. The predicted octanol–water partition coefficient (Wildman–Crippen LogP) is 1.45. The maximum absolute atomic E-state index is 11.4. The Kier molecular flexibility index (Phi) is 4.85. The van der Waals surface area contributed by atoms with Gasteiger partial charge in [0.2, 0.25) is 0 Å². The van der Waals surface area contributed by atoms with Gasteiger partial charge in [-0.2, -0.15) is 5.26 Å². The van der Waals surface area contributed by atoms with E-state index in [2.05, 4.69) is 0 Å². The van der Waals surface area contributed by atoms with Gasteiger partial charge in [0.1, 0.15) is 5.78 Å². The summed E-state index contributed by atoms with van der Waals surface area (Å²) in [5.41, 5.74) is -1.19. The van der Waals surface area contributed by atoms with Gasteiger partial charge in [0, 0.05) is 6.42 Å². The number of carbonyl (C=O) groups is 2. The number of hydrogen-bond acceptors (Lipinski definition) is 4. The zero-order valence-electron chi connectivity index (χ0n) is 8.79. The highest BCUT2D eigenvalue weighted by Gasteiger charge is 2.34. The Morgan fingerprint density at radius 1 is 1.50 bits per heavy atom. The Morgan fingerprint density at radius 3 is 2.43 bits per heavy atom. The Hall–Kier alpha value is -1.37. The topological polar surface area (TPSA) is 67.2 Å². The second-order valence-electron chi connectivity index (χ2n) is 3.37. The average molecular weight is 197 g/mol. The molecule has 0 saturated heterocycles. The van der Waals surface area contributed by atoms with Gasteiger partial charge >= 0.3 is 5.97 Å². The van der Waals surface area contributed by atoms with Crippen molar-refractivity contribution in [3.05, 3.63) is 0 Å². The largest absolute Gasteiger partial charge is 0.465 e. The van der Waals surface area contributed by atoms with Gasteiger partial charge in [-0.1, -0.05) is 0 Å². The van der Waals surface area contributed by atoms with Crippen molar-refractivity contribution in [2.75, 3.05) is 6.61 Å². The van der Waals surface area contributed by atoms with Crippen LogP contribution in [0.4, 0.5) is 0 Å². The zero-order valence-corrected chi connectivity index (χ0v) is 8.79. The number of esters is 1. The number of ketones is 1. The maximum Gasteiger partial charge on any atom is 0.326 e. The van der Waals surface area contributed by atoms with Crippen LogP contribution in [-0.4, -0.2) is 18.4 Å². The maximum atomic E-state index is 11.4. The van der Waals surface area contributed by atoms with E-state index in [0.29, 0.717) is 0 Å². The molecule has 0 radical (unpaired) electrons. The molecule has 0 saturated carbocycles. The van der Waals surface area contributed by atoms with Crippen molar-refractivity contribution in [1.29, 1.82) is 5.26 Å². The van der Waals surface area contributed by atoms with E-state index in [0.717, 1.165) is 0 Å². The lowest BCUT2D eigenvalue weighted by Crippen LogP contribution is -2.28. The molecule has 0 spiro atoms. The van der Waals surface area contributed by atoms with Crippen LogP contribution in [-0.2, 0) is 14.3 Å². The van der Waals surface area contributed by atoms with E-state index < -0.39 is 11.4 Å². The quantitative estimate of drug-likeness (QED) is 0.625. The van der Waals surface area contributed by atoms with Gasteiger partial charge in [-0.05, 0) is 27.2 Å². The van der Waals surface area contributed by atoms with Gasteiger partial charge in [0.25, 0.3) is 0 Å². The minimum atomic E-state index is -1.19. The van der Waals surface area contributed by atoms with Crippen LogP contribution in [0.1, 0.15) is 33.6 Å². The van der Waals surface area contributed by atoms with Gasteiger partial charge < -0.3 is 9.53 Å². The highest BCUT2D eigenvalue weighted by molar-refractivity contribution is 5.81. The van der Waals surface area contributed by atoms with Crippen LogP contribution in [0.2, 0.25) is 0 Å². The summed E-state index contributed by atoms with van der Waals surface area (Å²) < 4.78 is 4.76. The third-order valence-corrected chi connectivity index (χ3v) is 1.95. The number of ether oxygens (including phenoxy) is 1.